The minimum atomic E-state index is -0.372. The molecule has 0 bridgehead atoms. The monoisotopic (exact) mass is 510 g/mol. The second kappa shape index (κ2) is 10.9. The summed E-state index contributed by atoms with van der Waals surface area (Å²) >= 11 is 12.0. The van der Waals surface area contributed by atoms with Gasteiger partial charge < -0.3 is 5.11 Å². The van der Waals surface area contributed by atoms with Crippen molar-refractivity contribution in [2.75, 3.05) is 0 Å². The van der Waals surface area contributed by atoms with Crippen LogP contribution >= 0.6 is 23.2 Å². The van der Waals surface area contributed by atoms with Crippen LogP contribution in [0.1, 0.15) is 54.0 Å². The van der Waals surface area contributed by atoms with Crippen LogP contribution in [0.2, 0.25) is 10.3 Å². The van der Waals surface area contributed by atoms with E-state index in [1.807, 2.05) is 41.3 Å². The zero-order valence-electron chi connectivity index (χ0n) is 19.3. The van der Waals surface area contributed by atoms with Gasteiger partial charge in [0, 0.05) is 41.5 Å². The summed E-state index contributed by atoms with van der Waals surface area (Å²) in [5.41, 5.74) is 4.15. The molecule has 182 valence electrons. The fourth-order valence-corrected chi connectivity index (χ4v) is 4.34. The number of nitrogens with zero attached hydrogens (tertiary/aromatic N) is 6. The quantitative estimate of drug-likeness (QED) is 0.323. The first kappa shape index (κ1) is 24.0. The molecule has 0 spiro atoms. The Hall–Kier alpha value is -2.74. The lowest BCUT2D eigenvalue weighted by Crippen LogP contribution is -2.02. The summed E-state index contributed by atoms with van der Waals surface area (Å²) in [6.07, 6.45) is 16.8. The van der Waals surface area contributed by atoms with E-state index in [0.717, 1.165) is 35.4 Å². The van der Waals surface area contributed by atoms with Crippen LogP contribution in [-0.2, 0) is 19.5 Å². The molecule has 7 nitrogen and oxygen atoms in total. The average molecular weight is 511 g/mol. The molecule has 2 aliphatic carbocycles. The van der Waals surface area contributed by atoms with Crippen LogP contribution < -0.4 is 0 Å². The molecule has 4 aromatic rings. The normalized spacial score (nSPS) is 16.0. The second-order valence-corrected chi connectivity index (χ2v) is 10.1. The van der Waals surface area contributed by atoms with Crippen LogP contribution in [0, 0.1) is 11.8 Å². The number of rotatable bonds is 8. The van der Waals surface area contributed by atoms with Gasteiger partial charge in [0.2, 0.25) is 0 Å². The van der Waals surface area contributed by atoms with E-state index < -0.39 is 0 Å². The van der Waals surface area contributed by atoms with Crippen molar-refractivity contribution < 1.29 is 5.11 Å². The summed E-state index contributed by atoms with van der Waals surface area (Å²) in [6, 6.07) is 7.66. The zero-order chi connectivity index (χ0) is 24.2. The maximum absolute atomic E-state index is 10.0. The Labute approximate surface area is 214 Å². The summed E-state index contributed by atoms with van der Waals surface area (Å²) in [4.78, 5) is 8.10. The average Bonchev–Trinajstić information content (AvgIpc) is 3.78. The van der Waals surface area contributed by atoms with Crippen molar-refractivity contribution in [2.45, 2.75) is 51.3 Å². The molecule has 0 saturated heterocycles. The van der Waals surface area contributed by atoms with Crippen LogP contribution in [-0.4, -0.2) is 34.6 Å². The van der Waals surface area contributed by atoms with Crippen molar-refractivity contribution in [3.8, 4) is 0 Å². The molecule has 4 aromatic heterocycles. The van der Waals surface area contributed by atoms with Crippen molar-refractivity contribution >= 4 is 23.2 Å². The van der Waals surface area contributed by atoms with Crippen LogP contribution in [0.3, 0.4) is 0 Å². The van der Waals surface area contributed by atoms with E-state index in [1.165, 1.54) is 24.8 Å². The molecule has 1 unspecified atom stereocenters. The van der Waals surface area contributed by atoms with Crippen molar-refractivity contribution in [1.82, 2.24) is 29.5 Å². The number of aromatic nitrogens is 6. The Kier molecular flexibility index (Phi) is 7.46. The highest BCUT2D eigenvalue weighted by molar-refractivity contribution is 6.30. The van der Waals surface area contributed by atoms with Gasteiger partial charge in [0.25, 0.3) is 0 Å². The van der Waals surface area contributed by atoms with E-state index in [4.69, 9.17) is 23.2 Å². The predicted octanol–water partition coefficient (Wildman–Crippen LogP) is 5.36. The number of pyridine rings is 2. The molecule has 1 N–H and O–H groups in total. The van der Waals surface area contributed by atoms with Gasteiger partial charge in [-0.2, -0.15) is 10.2 Å². The van der Waals surface area contributed by atoms with Gasteiger partial charge in [0.05, 0.1) is 31.6 Å². The third-order valence-electron chi connectivity index (χ3n) is 6.31. The number of aliphatic hydroxyl groups is 1. The van der Waals surface area contributed by atoms with E-state index in [2.05, 4.69) is 26.4 Å². The molecular formula is C26H28Cl2N6O. The van der Waals surface area contributed by atoms with Crippen LogP contribution in [0.5, 0.6) is 0 Å². The maximum atomic E-state index is 10.0. The van der Waals surface area contributed by atoms with Crippen LogP contribution in [0.4, 0.5) is 0 Å². The van der Waals surface area contributed by atoms with Gasteiger partial charge in [0.15, 0.2) is 0 Å². The predicted molar refractivity (Wildman–Crippen MR) is 135 cm³/mol. The largest absolute Gasteiger partial charge is 0.388 e. The van der Waals surface area contributed by atoms with Gasteiger partial charge in [-0.1, -0.05) is 35.3 Å². The van der Waals surface area contributed by atoms with Gasteiger partial charge >= 0.3 is 0 Å². The van der Waals surface area contributed by atoms with Gasteiger partial charge in [0.1, 0.15) is 10.3 Å². The molecule has 2 fully saturated rings. The number of hydrogen-bond donors (Lipinski definition) is 1. The molecular weight excluding hydrogens is 483 g/mol. The lowest BCUT2D eigenvalue weighted by Gasteiger charge is -2.05. The highest BCUT2D eigenvalue weighted by atomic mass is 35.5. The summed E-state index contributed by atoms with van der Waals surface area (Å²) in [7, 11) is 0. The second-order valence-electron chi connectivity index (χ2n) is 9.35. The standard InChI is InChI=1S/C13H14ClN3O.C13H14ClN3/c14-13-10(2-1-5-15-13)7-17-8-11(6-16-17)12(18)9-3-4-9;14-13-12(2-1-5-15-13)9-17-8-11(7-16-17)6-10-3-4-10/h1-2,5-6,8-9,12,18H,3-4,7H2;1-2,5,7-8,10H,3-4,6,9H2. The molecule has 6 rings (SSSR count). The van der Waals surface area contributed by atoms with E-state index in [1.54, 1.807) is 23.3 Å². The molecule has 0 radical (unpaired) electrons. The first-order valence-electron chi connectivity index (χ1n) is 12.0. The molecule has 0 amide bonds. The Balaban J connectivity index is 0.000000145. The highest BCUT2D eigenvalue weighted by Gasteiger charge is 2.31. The smallest absolute Gasteiger partial charge is 0.134 e. The minimum Gasteiger partial charge on any atom is -0.388 e. The third-order valence-corrected chi connectivity index (χ3v) is 6.99. The van der Waals surface area contributed by atoms with Crippen LogP contribution in [0.25, 0.3) is 0 Å². The first-order valence-corrected chi connectivity index (χ1v) is 12.7. The van der Waals surface area contributed by atoms with E-state index in [0.29, 0.717) is 29.3 Å². The van der Waals surface area contributed by atoms with Crippen molar-refractivity contribution in [1.29, 1.82) is 0 Å². The molecule has 0 aliphatic heterocycles. The number of hydrogen-bond acceptors (Lipinski definition) is 5. The maximum Gasteiger partial charge on any atom is 0.134 e. The van der Waals surface area contributed by atoms with Crippen LogP contribution in [0.15, 0.2) is 61.4 Å². The molecule has 9 heteroatoms. The van der Waals surface area contributed by atoms with E-state index >= 15 is 0 Å². The molecule has 0 aromatic carbocycles. The third kappa shape index (κ3) is 6.69. The molecule has 4 heterocycles. The Morgan fingerprint density at radius 3 is 2.03 bits per heavy atom. The van der Waals surface area contributed by atoms with Gasteiger partial charge in [-0.3, -0.25) is 9.36 Å². The molecule has 1 atom stereocenters. The SMILES string of the molecule is Clc1ncccc1Cn1cc(CC2CC2)cn1.OC(c1cnn(Cc2cccnc2Cl)c1)C1CC1. The first-order chi connectivity index (χ1) is 17.0. The fraction of sp³-hybridized carbons (Fsp3) is 0.385. The summed E-state index contributed by atoms with van der Waals surface area (Å²) in [6.45, 7) is 1.27. The van der Waals surface area contributed by atoms with Gasteiger partial charge in [-0.05, 0) is 61.6 Å². The van der Waals surface area contributed by atoms with E-state index in [-0.39, 0.29) is 6.10 Å². The van der Waals surface area contributed by atoms with E-state index in [9.17, 15) is 5.11 Å². The fourth-order valence-electron chi connectivity index (χ4n) is 3.98. The van der Waals surface area contributed by atoms with Gasteiger partial charge in [-0.15, -0.1) is 0 Å². The molecule has 2 saturated carbocycles. The van der Waals surface area contributed by atoms with Gasteiger partial charge in [-0.25, -0.2) is 9.97 Å². The Bertz CT molecular complexity index is 1260. The number of aliphatic hydroxyl groups excluding tert-OH is 1. The zero-order valence-corrected chi connectivity index (χ0v) is 20.9. The number of halogens is 2. The lowest BCUT2D eigenvalue weighted by molar-refractivity contribution is 0.153. The Morgan fingerprint density at radius 2 is 1.46 bits per heavy atom. The van der Waals surface area contributed by atoms with Crippen molar-refractivity contribution in [3.05, 3.63) is 94.0 Å². The Morgan fingerprint density at radius 1 is 0.857 bits per heavy atom. The molecule has 35 heavy (non-hydrogen) atoms. The highest BCUT2D eigenvalue weighted by Crippen LogP contribution is 2.40. The molecule has 2 aliphatic rings. The minimum absolute atomic E-state index is 0.372. The summed E-state index contributed by atoms with van der Waals surface area (Å²) < 4.78 is 3.71. The summed E-state index contributed by atoms with van der Waals surface area (Å²) in [5, 5.41) is 19.7. The summed E-state index contributed by atoms with van der Waals surface area (Å²) in [5.74, 6) is 1.32. The van der Waals surface area contributed by atoms with Crippen molar-refractivity contribution in [3.63, 3.8) is 0 Å². The topological polar surface area (TPSA) is 81.6 Å². The van der Waals surface area contributed by atoms with Crippen molar-refractivity contribution in [2.24, 2.45) is 11.8 Å². The lowest BCUT2D eigenvalue weighted by atomic mass is 10.1.